The van der Waals surface area contributed by atoms with Gasteiger partial charge in [0.05, 0.1) is 5.33 Å². The quantitative estimate of drug-likeness (QED) is 0.607. The summed E-state index contributed by atoms with van der Waals surface area (Å²) in [7, 11) is 0. The van der Waals surface area contributed by atoms with Crippen molar-refractivity contribution in [1.29, 1.82) is 0 Å². The fourth-order valence-corrected chi connectivity index (χ4v) is 1.83. The van der Waals surface area contributed by atoms with Crippen LogP contribution in [0.3, 0.4) is 0 Å². The number of carbonyl (C=O) groups excluding carboxylic acids is 2. The first-order valence-electron chi connectivity index (χ1n) is 4.57. The molecule has 1 heterocycles. The van der Waals surface area contributed by atoms with E-state index >= 15 is 0 Å². The number of hydrogen-bond donors (Lipinski definition) is 0. The first kappa shape index (κ1) is 10.4. The standard InChI is InChI=1S/C11H9BrO3/c12-5-10(14)7-1-2-8-3-9(13)6-15-11(8)4-7/h1-2,4H,3,5-6H2. The molecule has 1 aliphatic heterocycles. The molecular weight excluding hydrogens is 260 g/mol. The summed E-state index contributed by atoms with van der Waals surface area (Å²) in [5.74, 6) is 0.738. The van der Waals surface area contributed by atoms with Gasteiger partial charge in [-0.25, -0.2) is 0 Å². The number of rotatable bonds is 2. The predicted molar refractivity (Wildman–Crippen MR) is 58.8 cm³/mol. The van der Waals surface area contributed by atoms with Gasteiger partial charge in [0.1, 0.15) is 12.4 Å². The molecule has 4 heteroatoms. The largest absolute Gasteiger partial charge is 0.486 e. The summed E-state index contributed by atoms with van der Waals surface area (Å²) in [5.41, 5.74) is 1.47. The summed E-state index contributed by atoms with van der Waals surface area (Å²) in [4.78, 5) is 22.5. The van der Waals surface area contributed by atoms with E-state index in [0.29, 0.717) is 23.1 Å². The summed E-state index contributed by atoms with van der Waals surface area (Å²) in [6.45, 7) is 0.110. The lowest BCUT2D eigenvalue weighted by atomic mass is 10.0. The normalized spacial score (nSPS) is 14.3. The van der Waals surface area contributed by atoms with Crippen LogP contribution in [0.15, 0.2) is 18.2 Å². The zero-order valence-corrected chi connectivity index (χ0v) is 9.54. The summed E-state index contributed by atoms with van der Waals surface area (Å²) in [6, 6.07) is 5.21. The minimum atomic E-state index is 0.0123. The van der Waals surface area contributed by atoms with Crippen molar-refractivity contribution in [1.82, 2.24) is 0 Å². The first-order chi connectivity index (χ1) is 7.20. The molecule has 0 amide bonds. The van der Waals surface area contributed by atoms with E-state index in [1.807, 2.05) is 0 Å². The maximum Gasteiger partial charge on any atom is 0.174 e. The second-order valence-electron chi connectivity index (χ2n) is 3.38. The average Bonchev–Trinajstić information content (AvgIpc) is 2.27. The molecular formula is C11H9BrO3. The minimum Gasteiger partial charge on any atom is -0.486 e. The topological polar surface area (TPSA) is 43.4 Å². The Kier molecular flexibility index (Phi) is 2.86. The predicted octanol–water partition coefficient (Wildman–Crippen LogP) is 1.77. The highest BCUT2D eigenvalue weighted by Crippen LogP contribution is 2.25. The zero-order valence-electron chi connectivity index (χ0n) is 7.96. The Labute approximate surface area is 95.6 Å². The Bertz CT molecular complexity index is 426. The third-order valence-corrected chi connectivity index (χ3v) is 2.80. The van der Waals surface area contributed by atoms with Gasteiger partial charge in [-0.05, 0) is 6.07 Å². The van der Waals surface area contributed by atoms with Crippen LogP contribution >= 0.6 is 15.9 Å². The maximum absolute atomic E-state index is 11.4. The average molecular weight is 269 g/mol. The smallest absolute Gasteiger partial charge is 0.174 e. The minimum absolute atomic E-state index is 0.0123. The van der Waals surface area contributed by atoms with Crippen LogP contribution in [0.4, 0.5) is 0 Å². The molecule has 0 bridgehead atoms. The molecule has 0 saturated heterocycles. The molecule has 1 aliphatic rings. The third-order valence-electron chi connectivity index (χ3n) is 2.29. The number of hydrogen-bond acceptors (Lipinski definition) is 3. The van der Waals surface area contributed by atoms with Crippen molar-refractivity contribution in [3.05, 3.63) is 29.3 Å². The molecule has 0 N–H and O–H groups in total. The van der Waals surface area contributed by atoms with Crippen LogP contribution in [0.2, 0.25) is 0 Å². The van der Waals surface area contributed by atoms with E-state index in [1.54, 1.807) is 18.2 Å². The zero-order chi connectivity index (χ0) is 10.8. The van der Waals surface area contributed by atoms with Gasteiger partial charge in [0.2, 0.25) is 0 Å². The van der Waals surface area contributed by atoms with Gasteiger partial charge in [0.15, 0.2) is 11.6 Å². The van der Waals surface area contributed by atoms with Gasteiger partial charge in [0, 0.05) is 17.5 Å². The van der Waals surface area contributed by atoms with Gasteiger partial charge in [-0.3, -0.25) is 9.59 Å². The van der Waals surface area contributed by atoms with Crippen molar-refractivity contribution < 1.29 is 14.3 Å². The Morgan fingerprint density at radius 1 is 1.47 bits per heavy atom. The van der Waals surface area contributed by atoms with Gasteiger partial charge in [-0.2, -0.15) is 0 Å². The molecule has 0 spiro atoms. The number of alkyl halides is 1. The lowest BCUT2D eigenvalue weighted by molar-refractivity contribution is -0.121. The number of ether oxygens (including phenoxy) is 1. The molecule has 0 saturated carbocycles. The molecule has 78 valence electrons. The summed E-state index contributed by atoms with van der Waals surface area (Å²) in [6.07, 6.45) is 0.401. The molecule has 1 aromatic carbocycles. The van der Waals surface area contributed by atoms with Gasteiger partial charge in [-0.1, -0.05) is 28.1 Å². The Morgan fingerprint density at radius 2 is 2.27 bits per heavy atom. The number of halogens is 1. The molecule has 2 rings (SSSR count). The van der Waals surface area contributed by atoms with Crippen LogP contribution in [0.5, 0.6) is 5.75 Å². The number of Topliss-reactive ketones (excluding diaryl/α,β-unsaturated/α-hetero) is 2. The summed E-state index contributed by atoms with van der Waals surface area (Å²) >= 11 is 3.11. The fraction of sp³-hybridized carbons (Fsp3) is 0.273. The van der Waals surface area contributed by atoms with E-state index in [0.717, 1.165) is 5.56 Å². The molecule has 0 radical (unpaired) electrons. The van der Waals surface area contributed by atoms with E-state index in [9.17, 15) is 9.59 Å². The molecule has 0 aromatic heterocycles. The van der Waals surface area contributed by atoms with E-state index in [2.05, 4.69) is 15.9 Å². The molecule has 0 fully saturated rings. The highest BCUT2D eigenvalue weighted by atomic mass is 79.9. The Morgan fingerprint density at radius 3 is 3.00 bits per heavy atom. The van der Waals surface area contributed by atoms with E-state index in [-0.39, 0.29) is 18.2 Å². The van der Waals surface area contributed by atoms with Gasteiger partial charge < -0.3 is 4.74 Å². The van der Waals surface area contributed by atoms with Crippen molar-refractivity contribution in [2.45, 2.75) is 6.42 Å². The Balaban J connectivity index is 2.34. The van der Waals surface area contributed by atoms with Crippen molar-refractivity contribution in [2.75, 3.05) is 11.9 Å². The van der Waals surface area contributed by atoms with E-state index in [4.69, 9.17) is 4.74 Å². The maximum atomic E-state index is 11.4. The second kappa shape index (κ2) is 4.14. The SMILES string of the molecule is O=C1COc2cc(C(=O)CBr)ccc2C1. The van der Waals surface area contributed by atoms with Crippen molar-refractivity contribution in [3.8, 4) is 5.75 Å². The number of carbonyl (C=O) groups is 2. The molecule has 0 unspecified atom stereocenters. The van der Waals surface area contributed by atoms with Crippen molar-refractivity contribution in [2.24, 2.45) is 0 Å². The highest BCUT2D eigenvalue weighted by Gasteiger charge is 2.17. The molecule has 15 heavy (non-hydrogen) atoms. The molecule has 0 aliphatic carbocycles. The van der Waals surface area contributed by atoms with Crippen LogP contribution in [0.25, 0.3) is 0 Å². The lowest BCUT2D eigenvalue weighted by Gasteiger charge is -2.16. The molecule has 0 atom stereocenters. The van der Waals surface area contributed by atoms with Crippen LogP contribution < -0.4 is 4.74 Å². The monoisotopic (exact) mass is 268 g/mol. The second-order valence-corrected chi connectivity index (χ2v) is 3.94. The third kappa shape index (κ3) is 2.09. The Hall–Kier alpha value is -1.16. The lowest BCUT2D eigenvalue weighted by Crippen LogP contribution is -2.20. The van der Waals surface area contributed by atoms with Crippen LogP contribution in [-0.4, -0.2) is 23.5 Å². The van der Waals surface area contributed by atoms with E-state index < -0.39 is 0 Å². The van der Waals surface area contributed by atoms with Crippen LogP contribution in [0.1, 0.15) is 15.9 Å². The number of benzene rings is 1. The summed E-state index contributed by atoms with van der Waals surface area (Å²) in [5, 5.41) is 0.296. The number of ketones is 2. The fourth-order valence-electron chi connectivity index (χ4n) is 1.51. The van der Waals surface area contributed by atoms with Gasteiger partial charge in [0.25, 0.3) is 0 Å². The molecule has 1 aromatic rings. The first-order valence-corrected chi connectivity index (χ1v) is 5.69. The van der Waals surface area contributed by atoms with Crippen molar-refractivity contribution in [3.63, 3.8) is 0 Å². The van der Waals surface area contributed by atoms with Crippen LogP contribution in [-0.2, 0) is 11.2 Å². The van der Waals surface area contributed by atoms with Crippen molar-refractivity contribution >= 4 is 27.5 Å². The van der Waals surface area contributed by atoms with Crippen LogP contribution in [0, 0.1) is 0 Å². The highest BCUT2D eigenvalue weighted by molar-refractivity contribution is 9.09. The van der Waals surface area contributed by atoms with Gasteiger partial charge in [-0.15, -0.1) is 0 Å². The molecule has 3 nitrogen and oxygen atoms in total. The summed E-state index contributed by atoms with van der Waals surface area (Å²) < 4.78 is 5.25. The van der Waals surface area contributed by atoms with E-state index in [1.165, 1.54) is 0 Å². The number of fused-ring (bicyclic) bond motifs is 1. The van der Waals surface area contributed by atoms with Gasteiger partial charge >= 0.3 is 0 Å².